The highest BCUT2D eigenvalue weighted by atomic mass is 16.3. The molecule has 1 rings (SSSR count). The molecule has 0 bridgehead atoms. The van der Waals surface area contributed by atoms with Crippen LogP contribution in [0.1, 0.15) is 5.56 Å². The molecule has 10 heavy (non-hydrogen) atoms. The summed E-state index contributed by atoms with van der Waals surface area (Å²) in [4.78, 5) is 0. The average molecular weight is 138 g/mol. The first-order valence-corrected chi connectivity index (χ1v) is 3.05. The Morgan fingerprint density at radius 1 is 1.40 bits per heavy atom. The average Bonchev–Trinajstić information content (AvgIpc) is 1.94. The summed E-state index contributed by atoms with van der Waals surface area (Å²) < 4.78 is 0. The van der Waals surface area contributed by atoms with Crippen molar-refractivity contribution in [2.24, 2.45) is 5.84 Å². The number of hydrogen-bond acceptors (Lipinski definition) is 3. The molecule has 0 aromatic heterocycles. The molecule has 3 nitrogen and oxygen atoms in total. The Morgan fingerprint density at radius 3 is 2.70 bits per heavy atom. The SMILES string of the molecule is NNCc1ccccc1O. The molecule has 0 heterocycles. The largest absolute Gasteiger partial charge is 0.508 e. The Labute approximate surface area is 59.5 Å². The van der Waals surface area contributed by atoms with Crippen LogP contribution in [0.2, 0.25) is 0 Å². The number of hydrazine groups is 1. The number of phenolic OH excluding ortho intramolecular Hbond substituents is 1. The Bertz CT molecular complexity index is 213. The highest BCUT2D eigenvalue weighted by molar-refractivity contribution is 5.31. The van der Waals surface area contributed by atoms with Crippen molar-refractivity contribution in [3.63, 3.8) is 0 Å². The van der Waals surface area contributed by atoms with Gasteiger partial charge >= 0.3 is 0 Å². The second-order valence-electron chi connectivity index (χ2n) is 2.01. The molecule has 54 valence electrons. The third-order valence-corrected chi connectivity index (χ3v) is 1.28. The number of para-hydroxylation sites is 1. The predicted octanol–water partition coefficient (Wildman–Crippen LogP) is 0.355. The van der Waals surface area contributed by atoms with Crippen LogP contribution in [0.3, 0.4) is 0 Å². The van der Waals surface area contributed by atoms with Crippen LogP contribution in [-0.4, -0.2) is 5.11 Å². The molecule has 0 radical (unpaired) electrons. The van der Waals surface area contributed by atoms with E-state index < -0.39 is 0 Å². The molecule has 0 aliphatic rings. The van der Waals surface area contributed by atoms with Crippen molar-refractivity contribution in [2.75, 3.05) is 0 Å². The molecule has 0 amide bonds. The van der Waals surface area contributed by atoms with Crippen molar-refractivity contribution in [1.29, 1.82) is 0 Å². The fourth-order valence-electron chi connectivity index (χ4n) is 0.770. The lowest BCUT2D eigenvalue weighted by atomic mass is 10.2. The van der Waals surface area contributed by atoms with Crippen LogP contribution in [-0.2, 0) is 6.54 Å². The monoisotopic (exact) mass is 138 g/mol. The topological polar surface area (TPSA) is 58.3 Å². The minimum absolute atomic E-state index is 0.278. The van der Waals surface area contributed by atoms with Gasteiger partial charge in [0.1, 0.15) is 5.75 Å². The number of nitrogens with one attached hydrogen (secondary N) is 1. The molecule has 0 fully saturated rings. The lowest BCUT2D eigenvalue weighted by Gasteiger charge is -2.00. The molecule has 0 aliphatic carbocycles. The Hall–Kier alpha value is -1.06. The third-order valence-electron chi connectivity index (χ3n) is 1.28. The highest BCUT2D eigenvalue weighted by Gasteiger charge is 1.95. The van der Waals surface area contributed by atoms with Crippen LogP contribution in [0.15, 0.2) is 24.3 Å². The zero-order chi connectivity index (χ0) is 7.40. The van der Waals surface area contributed by atoms with E-state index in [2.05, 4.69) is 5.43 Å². The van der Waals surface area contributed by atoms with Gasteiger partial charge in [-0.2, -0.15) is 0 Å². The van der Waals surface area contributed by atoms with Gasteiger partial charge in [-0.25, -0.2) is 0 Å². The van der Waals surface area contributed by atoms with Crippen LogP contribution >= 0.6 is 0 Å². The van der Waals surface area contributed by atoms with E-state index in [-0.39, 0.29) is 5.75 Å². The maximum absolute atomic E-state index is 9.15. The smallest absolute Gasteiger partial charge is 0.120 e. The first-order valence-electron chi connectivity index (χ1n) is 3.05. The molecular formula is C7H10N2O. The van der Waals surface area contributed by atoms with Crippen molar-refractivity contribution in [3.05, 3.63) is 29.8 Å². The quantitative estimate of drug-likeness (QED) is 0.408. The maximum Gasteiger partial charge on any atom is 0.120 e. The van der Waals surface area contributed by atoms with Crippen LogP contribution in [0.5, 0.6) is 5.75 Å². The Balaban J connectivity index is 2.81. The number of phenols is 1. The van der Waals surface area contributed by atoms with Gasteiger partial charge in [-0.05, 0) is 6.07 Å². The van der Waals surface area contributed by atoms with E-state index in [1.54, 1.807) is 12.1 Å². The van der Waals surface area contributed by atoms with Gasteiger partial charge < -0.3 is 5.11 Å². The normalized spacial score (nSPS) is 9.70. The minimum atomic E-state index is 0.278. The van der Waals surface area contributed by atoms with Crippen LogP contribution in [0.4, 0.5) is 0 Å². The van der Waals surface area contributed by atoms with Crippen molar-refractivity contribution in [2.45, 2.75) is 6.54 Å². The number of rotatable bonds is 2. The van der Waals surface area contributed by atoms with Crippen molar-refractivity contribution in [3.8, 4) is 5.75 Å². The lowest BCUT2D eigenvalue weighted by Crippen LogP contribution is -2.20. The molecule has 0 spiro atoms. The molecule has 0 unspecified atom stereocenters. The van der Waals surface area contributed by atoms with E-state index in [1.807, 2.05) is 12.1 Å². The number of hydrogen-bond donors (Lipinski definition) is 3. The van der Waals surface area contributed by atoms with E-state index in [0.717, 1.165) is 5.56 Å². The van der Waals surface area contributed by atoms with E-state index in [0.29, 0.717) is 6.54 Å². The summed E-state index contributed by atoms with van der Waals surface area (Å²) in [5, 5.41) is 9.15. The van der Waals surface area contributed by atoms with Gasteiger partial charge in [-0.15, -0.1) is 0 Å². The van der Waals surface area contributed by atoms with Gasteiger partial charge in [-0.3, -0.25) is 11.3 Å². The predicted molar refractivity (Wildman–Crippen MR) is 39.1 cm³/mol. The molecule has 0 saturated carbocycles. The zero-order valence-corrected chi connectivity index (χ0v) is 5.54. The fraction of sp³-hybridized carbons (Fsp3) is 0.143. The summed E-state index contributed by atoms with van der Waals surface area (Å²) >= 11 is 0. The first kappa shape index (κ1) is 7.05. The zero-order valence-electron chi connectivity index (χ0n) is 5.54. The van der Waals surface area contributed by atoms with Gasteiger partial charge in [0, 0.05) is 12.1 Å². The second kappa shape index (κ2) is 3.20. The number of nitrogens with two attached hydrogens (primary N) is 1. The van der Waals surface area contributed by atoms with Gasteiger partial charge in [0.25, 0.3) is 0 Å². The molecule has 1 aromatic carbocycles. The molecular weight excluding hydrogens is 128 g/mol. The molecule has 0 saturated heterocycles. The van der Waals surface area contributed by atoms with Crippen LogP contribution in [0.25, 0.3) is 0 Å². The van der Waals surface area contributed by atoms with Gasteiger partial charge in [0.05, 0.1) is 0 Å². The number of benzene rings is 1. The van der Waals surface area contributed by atoms with Gasteiger partial charge in [0.15, 0.2) is 0 Å². The molecule has 4 N–H and O–H groups in total. The Kier molecular flexibility index (Phi) is 2.25. The summed E-state index contributed by atoms with van der Waals surface area (Å²) in [6.07, 6.45) is 0. The third kappa shape index (κ3) is 1.46. The summed E-state index contributed by atoms with van der Waals surface area (Å²) in [5.74, 6) is 5.35. The van der Waals surface area contributed by atoms with Crippen LogP contribution < -0.4 is 11.3 Å². The molecule has 0 aliphatic heterocycles. The highest BCUT2D eigenvalue weighted by Crippen LogP contribution is 2.13. The molecule has 3 heteroatoms. The summed E-state index contributed by atoms with van der Waals surface area (Å²) in [6.45, 7) is 0.493. The Morgan fingerprint density at radius 2 is 2.10 bits per heavy atom. The summed E-state index contributed by atoms with van der Waals surface area (Å²) in [6, 6.07) is 7.07. The molecule has 1 aromatic rings. The second-order valence-corrected chi connectivity index (χ2v) is 2.01. The summed E-state index contributed by atoms with van der Waals surface area (Å²) in [7, 11) is 0. The maximum atomic E-state index is 9.15. The van der Waals surface area contributed by atoms with E-state index in [1.165, 1.54) is 0 Å². The standard InChI is InChI=1S/C7H10N2O/c8-9-5-6-3-1-2-4-7(6)10/h1-4,9-10H,5,8H2. The van der Waals surface area contributed by atoms with Gasteiger partial charge in [-0.1, -0.05) is 18.2 Å². The van der Waals surface area contributed by atoms with E-state index in [4.69, 9.17) is 10.9 Å². The van der Waals surface area contributed by atoms with Crippen molar-refractivity contribution < 1.29 is 5.11 Å². The van der Waals surface area contributed by atoms with E-state index >= 15 is 0 Å². The van der Waals surface area contributed by atoms with E-state index in [9.17, 15) is 0 Å². The van der Waals surface area contributed by atoms with Crippen molar-refractivity contribution in [1.82, 2.24) is 5.43 Å². The minimum Gasteiger partial charge on any atom is -0.508 e. The lowest BCUT2D eigenvalue weighted by molar-refractivity contribution is 0.465. The summed E-state index contributed by atoms with van der Waals surface area (Å²) in [5.41, 5.74) is 3.28. The van der Waals surface area contributed by atoms with Crippen molar-refractivity contribution >= 4 is 0 Å². The molecule has 0 atom stereocenters. The number of aromatic hydroxyl groups is 1. The van der Waals surface area contributed by atoms with Gasteiger partial charge in [0.2, 0.25) is 0 Å². The fourth-order valence-corrected chi connectivity index (χ4v) is 0.770. The first-order chi connectivity index (χ1) is 4.84. The van der Waals surface area contributed by atoms with Crippen LogP contribution in [0, 0.1) is 0 Å².